The largest absolute Gasteiger partial charge is 0.348 e. The van der Waals surface area contributed by atoms with Crippen LogP contribution in [0.4, 0.5) is 4.39 Å². The Labute approximate surface area is 154 Å². The van der Waals surface area contributed by atoms with Crippen molar-refractivity contribution in [3.05, 3.63) is 63.6 Å². The standard InChI is InChI=1S/C19H17BrFN3O/c1-11(2)19(16-6-5-14(20)10-23-16)8-17(19)24-18(25)12-3-4-13(9-22)15(21)7-12/h3-7,10-11,17H,8H2,1-2H3,(H,24,25). The highest BCUT2D eigenvalue weighted by molar-refractivity contribution is 9.10. The van der Waals surface area contributed by atoms with Gasteiger partial charge in [0.05, 0.1) is 5.56 Å². The van der Waals surface area contributed by atoms with Gasteiger partial charge in [-0.05, 0) is 58.6 Å². The van der Waals surface area contributed by atoms with E-state index in [1.165, 1.54) is 12.1 Å². The number of nitrogens with one attached hydrogen (secondary N) is 1. The van der Waals surface area contributed by atoms with E-state index in [0.29, 0.717) is 5.92 Å². The number of pyridine rings is 1. The van der Waals surface area contributed by atoms with Crippen LogP contribution in [0.5, 0.6) is 0 Å². The molecule has 1 saturated carbocycles. The smallest absolute Gasteiger partial charge is 0.251 e. The number of rotatable bonds is 4. The van der Waals surface area contributed by atoms with Crippen LogP contribution in [0.1, 0.15) is 41.9 Å². The first kappa shape index (κ1) is 17.6. The molecule has 0 spiro atoms. The third-order valence-corrected chi connectivity index (χ3v) is 5.36. The number of carbonyl (C=O) groups excluding carboxylic acids is 1. The number of hydrogen-bond acceptors (Lipinski definition) is 3. The Morgan fingerprint density at radius 1 is 1.44 bits per heavy atom. The monoisotopic (exact) mass is 401 g/mol. The molecule has 1 aromatic carbocycles. The first-order valence-corrected chi connectivity index (χ1v) is 8.80. The molecule has 0 saturated heterocycles. The van der Waals surface area contributed by atoms with Gasteiger partial charge in [0.1, 0.15) is 11.9 Å². The molecule has 4 nitrogen and oxygen atoms in total. The van der Waals surface area contributed by atoms with E-state index in [1.54, 1.807) is 12.3 Å². The fraction of sp³-hybridized carbons (Fsp3) is 0.316. The second-order valence-corrected chi connectivity index (χ2v) is 7.51. The summed E-state index contributed by atoms with van der Waals surface area (Å²) in [6.07, 6.45) is 2.55. The van der Waals surface area contributed by atoms with Crippen molar-refractivity contribution in [2.75, 3.05) is 0 Å². The van der Waals surface area contributed by atoms with Crippen LogP contribution < -0.4 is 5.32 Å². The number of carbonyl (C=O) groups is 1. The van der Waals surface area contributed by atoms with Crippen molar-refractivity contribution in [2.45, 2.75) is 31.7 Å². The van der Waals surface area contributed by atoms with Crippen molar-refractivity contribution in [1.29, 1.82) is 5.26 Å². The minimum atomic E-state index is -0.685. The van der Waals surface area contributed by atoms with Crippen LogP contribution in [0.15, 0.2) is 41.0 Å². The summed E-state index contributed by atoms with van der Waals surface area (Å²) in [4.78, 5) is 17.0. The van der Waals surface area contributed by atoms with Crippen LogP contribution in [0, 0.1) is 23.1 Å². The predicted octanol–water partition coefficient (Wildman–Crippen LogP) is 3.95. The van der Waals surface area contributed by atoms with Gasteiger partial charge in [-0.25, -0.2) is 4.39 Å². The molecule has 128 valence electrons. The molecular formula is C19H17BrFN3O. The predicted molar refractivity (Wildman–Crippen MR) is 95.4 cm³/mol. The highest BCUT2D eigenvalue weighted by Gasteiger charge is 2.59. The minimum Gasteiger partial charge on any atom is -0.348 e. The summed E-state index contributed by atoms with van der Waals surface area (Å²) in [5, 5.41) is 11.8. The number of benzene rings is 1. The highest BCUT2D eigenvalue weighted by Crippen LogP contribution is 2.53. The molecule has 2 unspecified atom stereocenters. The summed E-state index contributed by atoms with van der Waals surface area (Å²) >= 11 is 3.38. The molecule has 1 heterocycles. The third-order valence-electron chi connectivity index (χ3n) is 4.90. The van der Waals surface area contributed by atoms with E-state index in [0.717, 1.165) is 22.7 Å². The number of hydrogen-bond donors (Lipinski definition) is 1. The van der Waals surface area contributed by atoms with Gasteiger partial charge in [0, 0.05) is 33.4 Å². The van der Waals surface area contributed by atoms with Gasteiger partial charge in [0.15, 0.2) is 0 Å². The zero-order chi connectivity index (χ0) is 18.2. The molecule has 3 rings (SSSR count). The molecule has 1 amide bonds. The summed E-state index contributed by atoms with van der Waals surface area (Å²) in [5.41, 5.74) is 0.881. The first-order valence-electron chi connectivity index (χ1n) is 8.01. The van der Waals surface area contributed by atoms with E-state index < -0.39 is 5.82 Å². The molecule has 2 atom stereocenters. The average Bonchev–Trinajstić information content (AvgIpc) is 3.30. The van der Waals surface area contributed by atoms with Crippen LogP contribution in [0.2, 0.25) is 0 Å². The Kier molecular flexibility index (Phi) is 4.61. The van der Waals surface area contributed by atoms with Gasteiger partial charge in [0.2, 0.25) is 0 Å². The number of aromatic nitrogens is 1. The number of halogens is 2. The van der Waals surface area contributed by atoms with Crippen LogP contribution in [0.25, 0.3) is 0 Å². The lowest BCUT2D eigenvalue weighted by atomic mass is 9.87. The van der Waals surface area contributed by atoms with Gasteiger partial charge in [-0.3, -0.25) is 9.78 Å². The normalized spacial score (nSPS) is 21.7. The zero-order valence-electron chi connectivity index (χ0n) is 13.9. The van der Waals surface area contributed by atoms with E-state index >= 15 is 0 Å². The molecule has 6 heteroatoms. The fourth-order valence-corrected chi connectivity index (χ4v) is 3.55. The Morgan fingerprint density at radius 3 is 2.76 bits per heavy atom. The lowest BCUT2D eigenvalue weighted by Gasteiger charge is -2.21. The summed E-state index contributed by atoms with van der Waals surface area (Å²) in [5.74, 6) is -0.729. The third kappa shape index (κ3) is 3.16. The van der Waals surface area contributed by atoms with Gasteiger partial charge in [-0.1, -0.05) is 13.8 Å². The maximum atomic E-state index is 13.7. The lowest BCUT2D eigenvalue weighted by molar-refractivity contribution is 0.0946. The second kappa shape index (κ2) is 6.57. The quantitative estimate of drug-likeness (QED) is 0.842. The van der Waals surface area contributed by atoms with Crippen LogP contribution in [0.3, 0.4) is 0 Å². The summed E-state index contributed by atoms with van der Waals surface area (Å²) in [6.45, 7) is 4.22. The lowest BCUT2D eigenvalue weighted by Crippen LogP contribution is -2.34. The van der Waals surface area contributed by atoms with E-state index in [4.69, 9.17) is 5.26 Å². The molecule has 1 fully saturated rings. The van der Waals surface area contributed by atoms with E-state index in [-0.39, 0.29) is 28.5 Å². The molecular weight excluding hydrogens is 385 g/mol. The summed E-state index contributed by atoms with van der Waals surface area (Å²) in [7, 11) is 0. The first-order chi connectivity index (χ1) is 11.9. The van der Waals surface area contributed by atoms with E-state index in [1.807, 2.05) is 12.1 Å². The highest BCUT2D eigenvalue weighted by atomic mass is 79.9. The van der Waals surface area contributed by atoms with Gasteiger partial charge >= 0.3 is 0 Å². The molecule has 1 N–H and O–H groups in total. The van der Waals surface area contributed by atoms with Crippen LogP contribution in [-0.4, -0.2) is 16.9 Å². The Balaban J connectivity index is 1.79. The maximum Gasteiger partial charge on any atom is 0.251 e. The Bertz CT molecular complexity index is 860. The van der Waals surface area contributed by atoms with Gasteiger partial charge in [-0.2, -0.15) is 5.26 Å². The van der Waals surface area contributed by atoms with Crippen molar-refractivity contribution in [1.82, 2.24) is 10.3 Å². The van der Waals surface area contributed by atoms with Crippen LogP contribution >= 0.6 is 15.9 Å². The molecule has 1 aliphatic rings. The van der Waals surface area contributed by atoms with Crippen molar-refractivity contribution in [3.63, 3.8) is 0 Å². The Hall–Kier alpha value is -2.26. The second-order valence-electron chi connectivity index (χ2n) is 6.59. The SMILES string of the molecule is CC(C)C1(c2ccc(Br)cn2)CC1NC(=O)c1ccc(C#N)c(F)c1. The molecule has 1 aliphatic carbocycles. The van der Waals surface area contributed by atoms with E-state index in [2.05, 4.69) is 40.1 Å². The Morgan fingerprint density at radius 2 is 2.20 bits per heavy atom. The zero-order valence-corrected chi connectivity index (χ0v) is 15.5. The van der Waals surface area contributed by atoms with E-state index in [9.17, 15) is 9.18 Å². The minimum absolute atomic E-state index is 0.0487. The topological polar surface area (TPSA) is 65.8 Å². The molecule has 0 aliphatic heterocycles. The van der Waals surface area contributed by atoms with Crippen molar-refractivity contribution in [2.24, 2.45) is 5.92 Å². The fourth-order valence-electron chi connectivity index (χ4n) is 3.32. The number of amides is 1. The molecule has 1 aromatic heterocycles. The maximum absolute atomic E-state index is 13.7. The van der Waals surface area contributed by atoms with Crippen molar-refractivity contribution in [3.8, 4) is 6.07 Å². The molecule has 25 heavy (non-hydrogen) atoms. The number of nitriles is 1. The molecule has 2 aromatic rings. The molecule has 0 radical (unpaired) electrons. The summed E-state index contributed by atoms with van der Waals surface area (Å²) in [6, 6.07) is 9.51. The molecule has 0 bridgehead atoms. The number of nitrogens with zero attached hydrogens (tertiary/aromatic N) is 2. The van der Waals surface area contributed by atoms with Gasteiger partial charge in [0.25, 0.3) is 5.91 Å². The average molecular weight is 402 g/mol. The van der Waals surface area contributed by atoms with Gasteiger partial charge in [-0.15, -0.1) is 0 Å². The van der Waals surface area contributed by atoms with Crippen LogP contribution in [-0.2, 0) is 5.41 Å². The van der Waals surface area contributed by atoms with Crippen molar-refractivity contribution < 1.29 is 9.18 Å². The van der Waals surface area contributed by atoms with Gasteiger partial charge < -0.3 is 5.32 Å². The van der Waals surface area contributed by atoms with Crippen molar-refractivity contribution >= 4 is 21.8 Å². The summed E-state index contributed by atoms with van der Waals surface area (Å²) < 4.78 is 14.6.